The lowest BCUT2D eigenvalue weighted by atomic mass is 10.1. The van der Waals surface area contributed by atoms with Crippen molar-refractivity contribution in [1.82, 2.24) is 0 Å². The van der Waals surface area contributed by atoms with Crippen molar-refractivity contribution in [1.29, 1.82) is 0 Å². The normalized spacial score (nSPS) is 10.4. The van der Waals surface area contributed by atoms with Gasteiger partial charge in [-0.25, -0.2) is 0 Å². The van der Waals surface area contributed by atoms with Gasteiger partial charge < -0.3 is 15.8 Å². The number of carbonyl (C=O) groups excluding carboxylic acids is 1. The lowest BCUT2D eigenvalue weighted by Crippen LogP contribution is -2.16. The molecule has 0 aliphatic rings. The van der Waals surface area contributed by atoms with Gasteiger partial charge in [0.05, 0.1) is 17.2 Å². The quantitative estimate of drug-likeness (QED) is 0.832. The van der Waals surface area contributed by atoms with Gasteiger partial charge in [-0.15, -0.1) is 0 Å². The maximum absolute atomic E-state index is 12.4. The first-order valence-electron chi connectivity index (χ1n) is 6.55. The second-order valence-electron chi connectivity index (χ2n) is 4.56. The first-order valence-corrected chi connectivity index (χ1v) is 6.93. The van der Waals surface area contributed by atoms with Gasteiger partial charge >= 0.3 is 0 Å². The third-order valence-corrected chi connectivity index (χ3v) is 3.43. The molecule has 0 spiro atoms. The highest BCUT2D eigenvalue weighted by Gasteiger charge is 2.15. The van der Waals surface area contributed by atoms with Crippen molar-refractivity contribution in [2.75, 3.05) is 24.8 Å². The van der Waals surface area contributed by atoms with Crippen molar-refractivity contribution in [2.24, 2.45) is 0 Å². The molecular weight excluding hydrogens is 288 g/mol. The highest BCUT2D eigenvalue weighted by Crippen LogP contribution is 2.24. The van der Waals surface area contributed by atoms with Crippen molar-refractivity contribution in [3.63, 3.8) is 0 Å². The molecule has 4 nitrogen and oxygen atoms in total. The summed E-state index contributed by atoms with van der Waals surface area (Å²) in [6, 6.07) is 12.6. The molecule has 0 aromatic heterocycles. The summed E-state index contributed by atoms with van der Waals surface area (Å²) >= 11 is 6.05. The van der Waals surface area contributed by atoms with Gasteiger partial charge in [-0.2, -0.15) is 0 Å². The summed E-state index contributed by atoms with van der Waals surface area (Å²) in [5, 5.41) is 3.19. The number of nitrogens with two attached hydrogens (primary N) is 1. The molecule has 1 amide bonds. The largest absolute Gasteiger partial charge is 0.398 e. The summed E-state index contributed by atoms with van der Waals surface area (Å²) in [6.07, 6.45) is 0.713. The molecule has 0 saturated heterocycles. The lowest BCUT2D eigenvalue weighted by Gasteiger charge is -2.12. The number of anilines is 2. The topological polar surface area (TPSA) is 64.3 Å². The van der Waals surface area contributed by atoms with Gasteiger partial charge in [0.1, 0.15) is 0 Å². The van der Waals surface area contributed by atoms with E-state index in [1.165, 1.54) is 0 Å². The highest BCUT2D eigenvalue weighted by atomic mass is 35.5. The second-order valence-corrected chi connectivity index (χ2v) is 4.97. The monoisotopic (exact) mass is 304 g/mol. The molecule has 0 atom stereocenters. The van der Waals surface area contributed by atoms with Crippen LogP contribution in [0.4, 0.5) is 11.4 Å². The number of methoxy groups -OCH3 is 1. The van der Waals surface area contributed by atoms with E-state index in [-0.39, 0.29) is 5.91 Å². The van der Waals surface area contributed by atoms with Crippen LogP contribution in [0, 0.1) is 0 Å². The average molecular weight is 305 g/mol. The van der Waals surface area contributed by atoms with Crippen molar-refractivity contribution in [2.45, 2.75) is 6.42 Å². The van der Waals surface area contributed by atoms with E-state index < -0.39 is 0 Å². The van der Waals surface area contributed by atoms with Gasteiger partial charge in [0, 0.05) is 18.5 Å². The van der Waals surface area contributed by atoms with Gasteiger partial charge in [-0.1, -0.05) is 35.9 Å². The van der Waals surface area contributed by atoms with Gasteiger partial charge in [-0.05, 0) is 30.2 Å². The van der Waals surface area contributed by atoms with E-state index in [9.17, 15) is 4.79 Å². The Balaban J connectivity index is 2.24. The van der Waals surface area contributed by atoms with Crippen LogP contribution in [0.1, 0.15) is 15.9 Å². The maximum atomic E-state index is 12.4. The van der Waals surface area contributed by atoms with E-state index in [2.05, 4.69) is 5.32 Å². The molecule has 0 aliphatic heterocycles. The van der Waals surface area contributed by atoms with Gasteiger partial charge in [0.2, 0.25) is 0 Å². The zero-order chi connectivity index (χ0) is 15.2. The number of carbonyl (C=O) groups is 1. The second kappa shape index (κ2) is 7.11. The Morgan fingerprint density at radius 1 is 1.24 bits per heavy atom. The first kappa shape index (κ1) is 15.4. The molecule has 0 bridgehead atoms. The lowest BCUT2D eigenvalue weighted by molar-refractivity contribution is 0.102. The third kappa shape index (κ3) is 3.74. The molecule has 2 aromatic rings. The maximum Gasteiger partial charge on any atom is 0.259 e. The van der Waals surface area contributed by atoms with Crippen LogP contribution in [0.15, 0.2) is 42.5 Å². The Bertz CT molecular complexity index is 624. The minimum atomic E-state index is -0.317. The predicted octanol–water partition coefficient (Wildman–Crippen LogP) is 3.36. The van der Waals surface area contributed by atoms with E-state index in [1.54, 1.807) is 25.3 Å². The number of rotatable bonds is 5. The Kier molecular flexibility index (Phi) is 5.20. The number of ether oxygens (including phenoxy) is 1. The van der Waals surface area contributed by atoms with E-state index in [1.807, 2.05) is 24.3 Å². The van der Waals surface area contributed by atoms with Crippen LogP contribution >= 0.6 is 11.6 Å². The van der Waals surface area contributed by atoms with E-state index in [0.29, 0.717) is 29.3 Å². The summed E-state index contributed by atoms with van der Waals surface area (Å²) in [5.74, 6) is -0.317. The Morgan fingerprint density at radius 3 is 2.71 bits per heavy atom. The molecule has 5 heteroatoms. The number of halogens is 1. The van der Waals surface area contributed by atoms with Gasteiger partial charge in [-0.3, -0.25) is 4.79 Å². The summed E-state index contributed by atoms with van der Waals surface area (Å²) in [7, 11) is 1.64. The Hall–Kier alpha value is -2.04. The van der Waals surface area contributed by atoms with Crippen LogP contribution in [0.3, 0.4) is 0 Å². The Morgan fingerprint density at radius 2 is 2.00 bits per heavy atom. The third-order valence-electron chi connectivity index (χ3n) is 3.11. The summed E-state index contributed by atoms with van der Waals surface area (Å²) in [5.41, 5.74) is 8.21. The number of nitrogen functional groups attached to an aromatic ring is 1. The molecule has 0 unspecified atom stereocenters. The van der Waals surface area contributed by atoms with Crippen molar-refractivity contribution in [3.05, 3.63) is 58.6 Å². The zero-order valence-corrected chi connectivity index (χ0v) is 12.5. The number of amides is 1. The highest BCUT2D eigenvalue weighted by molar-refractivity contribution is 6.35. The SMILES string of the molecule is COCCc1ccccc1NC(=O)c1c(N)cccc1Cl. The minimum absolute atomic E-state index is 0.292. The fourth-order valence-electron chi connectivity index (χ4n) is 2.04. The van der Waals surface area contributed by atoms with Crippen molar-refractivity contribution < 1.29 is 9.53 Å². The average Bonchev–Trinajstić information content (AvgIpc) is 2.46. The molecule has 0 heterocycles. The number of nitrogens with one attached hydrogen (secondary N) is 1. The number of benzene rings is 2. The molecule has 0 radical (unpaired) electrons. The van der Waals surface area contributed by atoms with Crippen LogP contribution in [0.25, 0.3) is 0 Å². The van der Waals surface area contributed by atoms with Crippen molar-refractivity contribution >= 4 is 28.9 Å². The fourth-order valence-corrected chi connectivity index (χ4v) is 2.31. The molecule has 2 rings (SSSR count). The predicted molar refractivity (Wildman–Crippen MR) is 85.8 cm³/mol. The van der Waals surface area contributed by atoms with Crippen LogP contribution in [-0.2, 0) is 11.2 Å². The fraction of sp³-hybridized carbons (Fsp3) is 0.188. The van der Waals surface area contributed by atoms with Gasteiger partial charge in [0.15, 0.2) is 0 Å². The number of hydrogen-bond acceptors (Lipinski definition) is 3. The van der Waals surface area contributed by atoms with E-state index >= 15 is 0 Å². The van der Waals surface area contributed by atoms with E-state index in [4.69, 9.17) is 22.1 Å². The number of para-hydroxylation sites is 1. The molecule has 21 heavy (non-hydrogen) atoms. The molecule has 2 aromatic carbocycles. The molecule has 0 fully saturated rings. The minimum Gasteiger partial charge on any atom is -0.398 e. The molecule has 0 aliphatic carbocycles. The molecule has 0 saturated carbocycles. The summed E-state index contributed by atoms with van der Waals surface area (Å²) < 4.78 is 5.07. The van der Waals surface area contributed by atoms with Crippen molar-refractivity contribution in [3.8, 4) is 0 Å². The van der Waals surface area contributed by atoms with Gasteiger partial charge in [0.25, 0.3) is 5.91 Å². The van der Waals surface area contributed by atoms with Crippen LogP contribution in [0.5, 0.6) is 0 Å². The summed E-state index contributed by atoms with van der Waals surface area (Å²) in [4.78, 5) is 12.4. The Labute approximate surface area is 128 Å². The van der Waals surface area contributed by atoms with E-state index in [0.717, 1.165) is 11.3 Å². The first-order chi connectivity index (χ1) is 10.1. The van der Waals surface area contributed by atoms with Crippen LogP contribution in [0.2, 0.25) is 5.02 Å². The van der Waals surface area contributed by atoms with Crippen LogP contribution < -0.4 is 11.1 Å². The molecule has 3 N–H and O–H groups in total. The summed E-state index contributed by atoms with van der Waals surface area (Å²) in [6.45, 7) is 0.584. The smallest absolute Gasteiger partial charge is 0.259 e. The number of hydrogen-bond donors (Lipinski definition) is 2. The van der Waals surface area contributed by atoms with Crippen LogP contribution in [-0.4, -0.2) is 19.6 Å². The molecular formula is C16H17ClN2O2. The standard InChI is InChI=1S/C16H17ClN2O2/c1-21-10-9-11-5-2-3-8-14(11)19-16(20)15-12(17)6-4-7-13(15)18/h2-8H,9-10,18H2,1H3,(H,19,20). The molecule has 110 valence electrons. The zero-order valence-electron chi connectivity index (χ0n) is 11.7.